The van der Waals surface area contributed by atoms with Gasteiger partial charge in [0.05, 0.1) is 11.6 Å². The molecule has 1 aromatic rings. The predicted octanol–water partition coefficient (Wildman–Crippen LogP) is 3.91. The number of amides is 1. The number of piperazine rings is 1. The fourth-order valence-electron chi connectivity index (χ4n) is 4.25. The molecule has 4 nitrogen and oxygen atoms in total. The molecule has 2 aliphatic rings. The quantitative estimate of drug-likeness (QED) is 0.837. The largest absolute Gasteiger partial charge is 0.416 e. The number of halogens is 3. The molecule has 0 radical (unpaired) electrons. The van der Waals surface area contributed by atoms with Gasteiger partial charge in [-0.25, -0.2) is 0 Å². The minimum atomic E-state index is -4.33. The van der Waals surface area contributed by atoms with Crippen molar-refractivity contribution in [2.45, 2.75) is 57.8 Å². The SMILES string of the molecule is C[C@@H]1CCCC[C@@H]1NC(=O)[C@@H](C)N1CCN(c2cccc(C(F)(F)F)c2)CC1. The first kappa shape index (κ1) is 21.0. The molecule has 1 aliphatic heterocycles. The first-order chi connectivity index (χ1) is 13.3. The van der Waals surface area contributed by atoms with Crippen molar-refractivity contribution in [1.82, 2.24) is 10.2 Å². The van der Waals surface area contributed by atoms with Crippen LogP contribution in [0.5, 0.6) is 0 Å². The summed E-state index contributed by atoms with van der Waals surface area (Å²) in [4.78, 5) is 16.7. The Morgan fingerprint density at radius 2 is 1.82 bits per heavy atom. The lowest BCUT2D eigenvalue weighted by atomic mass is 9.86. The minimum absolute atomic E-state index is 0.0614. The molecule has 7 heteroatoms. The Hall–Kier alpha value is -1.76. The second-order valence-electron chi connectivity index (χ2n) is 8.12. The Labute approximate surface area is 165 Å². The summed E-state index contributed by atoms with van der Waals surface area (Å²) in [5.41, 5.74) is -0.0376. The molecule has 2 fully saturated rings. The molecule has 0 unspecified atom stereocenters. The summed E-state index contributed by atoms with van der Waals surface area (Å²) < 4.78 is 38.8. The number of benzene rings is 1. The number of carbonyl (C=O) groups is 1. The zero-order chi connectivity index (χ0) is 20.3. The molecule has 0 spiro atoms. The van der Waals surface area contributed by atoms with Gasteiger partial charge < -0.3 is 10.2 Å². The number of hydrogen-bond acceptors (Lipinski definition) is 3. The molecular formula is C21H30F3N3O. The van der Waals surface area contributed by atoms with Crippen LogP contribution in [0.1, 0.15) is 45.1 Å². The zero-order valence-electron chi connectivity index (χ0n) is 16.6. The highest BCUT2D eigenvalue weighted by Gasteiger charge is 2.32. The van der Waals surface area contributed by atoms with Gasteiger partial charge in [-0.1, -0.05) is 25.8 Å². The lowest BCUT2D eigenvalue weighted by molar-refractivity contribution is -0.137. The van der Waals surface area contributed by atoms with E-state index in [1.165, 1.54) is 25.0 Å². The van der Waals surface area contributed by atoms with Crippen LogP contribution in [-0.4, -0.2) is 49.1 Å². The van der Waals surface area contributed by atoms with Gasteiger partial charge >= 0.3 is 6.18 Å². The number of anilines is 1. The number of alkyl halides is 3. The standard InChI is InChI=1S/C21H30F3N3O/c1-15-6-3-4-9-19(15)25-20(28)16(2)26-10-12-27(13-11-26)18-8-5-7-17(14-18)21(22,23)24/h5,7-8,14-16,19H,3-4,6,9-13H2,1-2H3,(H,25,28)/t15-,16-,19+/m1/s1. The van der Waals surface area contributed by atoms with Crippen molar-refractivity contribution in [3.8, 4) is 0 Å². The van der Waals surface area contributed by atoms with Crippen molar-refractivity contribution >= 4 is 11.6 Å². The summed E-state index contributed by atoms with van der Waals surface area (Å²) in [6.07, 6.45) is 0.276. The van der Waals surface area contributed by atoms with Crippen LogP contribution in [0, 0.1) is 5.92 Å². The van der Waals surface area contributed by atoms with Gasteiger partial charge in [-0.2, -0.15) is 13.2 Å². The summed E-state index contributed by atoms with van der Waals surface area (Å²) in [7, 11) is 0. The van der Waals surface area contributed by atoms with Crippen LogP contribution in [-0.2, 0) is 11.0 Å². The molecule has 1 aromatic carbocycles. The van der Waals surface area contributed by atoms with Crippen molar-refractivity contribution in [3.63, 3.8) is 0 Å². The number of nitrogens with one attached hydrogen (secondary N) is 1. The number of nitrogens with zero attached hydrogens (tertiary/aromatic N) is 2. The van der Waals surface area contributed by atoms with Gasteiger partial charge in [-0.3, -0.25) is 9.69 Å². The van der Waals surface area contributed by atoms with Crippen molar-refractivity contribution in [1.29, 1.82) is 0 Å². The topological polar surface area (TPSA) is 35.6 Å². The molecule has 156 valence electrons. The third-order valence-corrected chi connectivity index (χ3v) is 6.22. The molecule has 28 heavy (non-hydrogen) atoms. The van der Waals surface area contributed by atoms with Gasteiger partial charge in [-0.15, -0.1) is 0 Å². The molecule has 1 saturated heterocycles. The number of rotatable bonds is 4. The van der Waals surface area contributed by atoms with E-state index in [1.54, 1.807) is 6.07 Å². The Kier molecular flexibility index (Phi) is 6.53. The normalized spacial score (nSPS) is 25.4. The summed E-state index contributed by atoms with van der Waals surface area (Å²) in [6, 6.07) is 5.50. The first-order valence-corrected chi connectivity index (χ1v) is 10.2. The second kappa shape index (κ2) is 8.72. The van der Waals surface area contributed by atoms with Crippen molar-refractivity contribution in [3.05, 3.63) is 29.8 Å². The molecule has 3 rings (SSSR count). The monoisotopic (exact) mass is 397 g/mol. The molecule has 0 bridgehead atoms. The highest BCUT2D eigenvalue weighted by molar-refractivity contribution is 5.81. The van der Waals surface area contributed by atoms with Crippen molar-refractivity contribution < 1.29 is 18.0 Å². The lowest BCUT2D eigenvalue weighted by Crippen LogP contribution is -2.55. The van der Waals surface area contributed by atoms with Crippen LogP contribution in [0.2, 0.25) is 0 Å². The average Bonchev–Trinajstić information content (AvgIpc) is 2.69. The highest BCUT2D eigenvalue weighted by Crippen LogP contribution is 2.32. The van der Waals surface area contributed by atoms with Crippen LogP contribution >= 0.6 is 0 Å². The first-order valence-electron chi connectivity index (χ1n) is 10.2. The van der Waals surface area contributed by atoms with Gasteiger partial charge in [0.1, 0.15) is 0 Å². The number of hydrogen-bond donors (Lipinski definition) is 1. The minimum Gasteiger partial charge on any atom is -0.369 e. The van der Waals surface area contributed by atoms with E-state index >= 15 is 0 Å². The Bertz CT molecular complexity index is 671. The van der Waals surface area contributed by atoms with Gasteiger partial charge in [0.15, 0.2) is 0 Å². The van der Waals surface area contributed by atoms with Gasteiger partial charge in [0, 0.05) is 37.9 Å². The van der Waals surface area contributed by atoms with Crippen LogP contribution in [0.25, 0.3) is 0 Å². The summed E-state index contributed by atoms with van der Waals surface area (Å²) in [5, 5.41) is 3.21. The maximum atomic E-state index is 12.9. The molecule has 1 amide bonds. The molecule has 1 aliphatic carbocycles. The van der Waals surface area contributed by atoms with Crippen molar-refractivity contribution in [2.75, 3.05) is 31.1 Å². The smallest absolute Gasteiger partial charge is 0.369 e. The van der Waals surface area contributed by atoms with E-state index in [1.807, 2.05) is 11.8 Å². The van der Waals surface area contributed by atoms with E-state index < -0.39 is 11.7 Å². The molecule has 1 N–H and O–H groups in total. The maximum absolute atomic E-state index is 12.9. The lowest BCUT2D eigenvalue weighted by Gasteiger charge is -2.39. The molecule has 1 heterocycles. The van der Waals surface area contributed by atoms with Gasteiger partial charge in [0.25, 0.3) is 0 Å². The summed E-state index contributed by atoms with van der Waals surface area (Å²) in [5.74, 6) is 0.578. The summed E-state index contributed by atoms with van der Waals surface area (Å²) >= 11 is 0. The highest BCUT2D eigenvalue weighted by atomic mass is 19.4. The molecule has 3 atom stereocenters. The Morgan fingerprint density at radius 3 is 2.46 bits per heavy atom. The fourth-order valence-corrected chi connectivity index (χ4v) is 4.25. The van der Waals surface area contributed by atoms with Crippen LogP contribution in [0.4, 0.5) is 18.9 Å². The Balaban J connectivity index is 1.54. The van der Waals surface area contributed by atoms with E-state index in [4.69, 9.17) is 0 Å². The average molecular weight is 397 g/mol. The molecule has 0 aromatic heterocycles. The van der Waals surface area contributed by atoms with E-state index in [0.717, 1.165) is 18.9 Å². The third kappa shape index (κ3) is 4.99. The van der Waals surface area contributed by atoms with E-state index in [2.05, 4.69) is 17.1 Å². The summed E-state index contributed by atoms with van der Waals surface area (Å²) in [6.45, 7) is 6.65. The number of carbonyl (C=O) groups excluding carboxylic acids is 1. The maximum Gasteiger partial charge on any atom is 0.416 e. The fraction of sp³-hybridized carbons (Fsp3) is 0.667. The Morgan fingerprint density at radius 1 is 1.14 bits per heavy atom. The van der Waals surface area contributed by atoms with Gasteiger partial charge in [0.2, 0.25) is 5.91 Å². The van der Waals surface area contributed by atoms with Crippen molar-refractivity contribution in [2.24, 2.45) is 5.92 Å². The van der Waals surface area contributed by atoms with E-state index in [9.17, 15) is 18.0 Å². The van der Waals surface area contributed by atoms with E-state index in [-0.39, 0.29) is 18.0 Å². The predicted molar refractivity (Wildman–Crippen MR) is 104 cm³/mol. The zero-order valence-corrected chi connectivity index (χ0v) is 16.6. The van der Waals surface area contributed by atoms with Crippen LogP contribution < -0.4 is 10.2 Å². The molecule has 1 saturated carbocycles. The van der Waals surface area contributed by atoms with Crippen LogP contribution in [0.15, 0.2) is 24.3 Å². The van der Waals surface area contributed by atoms with E-state index in [0.29, 0.717) is 37.8 Å². The molecular weight excluding hydrogens is 367 g/mol. The third-order valence-electron chi connectivity index (χ3n) is 6.22. The van der Waals surface area contributed by atoms with Crippen LogP contribution in [0.3, 0.4) is 0 Å². The second-order valence-corrected chi connectivity index (χ2v) is 8.12. The van der Waals surface area contributed by atoms with Gasteiger partial charge in [-0.05, 0) is 43.9 Å².